The number of aliphatic carboxylic acids is 1. The highest BCUT2D eigenvalue weighted by Crippen LogP contribution is 2.05. The Kier molecular flexibility index (Phi) is 3.05. The molecule has 0 aliphatic heterocycles. The quantitative estimate of drug-likeness (QED) is 0.458. The molecule has 0 spiro atoms. The Morgan fingerprint density at radius 3 is 2.40 bits per heavy atom. The van der Waals surface area contributed by atoms with E-state index in [0.717, 1.165) is 0 Å². The lowest BCUT2D eigenvalue weighted by atomic mass is 9.98. The number of carbonyl (C=O) groups is 1. The van der Waals surface area contributed by atoms with Gasteiger partial charge in [0.2, 0.25) is 0 Å². The molecule has 58 valence electrons. The molecule has 0 rings (SSSR count). The van der Waals surface area contributed by atoms with Crippen LogP contribution in [-0.4, -0.2) is 28.3 Å². The van der Waals surface area contributed by atoms with Crippen LogP contribution >= 0.6 is 0 Å². The first-order valence-electron chi connectivity index (χ1n) is 2.81. The van der Waals surface area contributed by atoms with Crippen molar-refractivity contribution in [2.75, 3.05) is 6.61 Å². The molecule has 0 fully saturated rings. The van der Waals surface area contributed by atoms with Crippen LogP contribution in [-0.2, 0) is 4.79 Å². The first-order valence-corrected chi connectivity index (χ1v) is 2.81. The second kappa shape index (κ2) is 3.34. The second-order valence-electron chi connectivity index (χ2n) is 2.11. The molecule has 0 saturated heterocycles. The van der Waals surface area contributed by atoms with Gasteiger partial charge in [0, 0.05) is 0 Å². The first kappa shape index (κ1) is 9.13. The summed E-state index contributed by atoms with van der Waals surface area (Å²) in [6.07, 6.45) is 1.43. The molecule has 0 bridgehead atoms. The summed E-state index contributed by atoms with van der Waals surface area (Å²) in [5, 5.41) is 17.0. The lowest BCUT2D eigenvalue weighted by molar-refractivity contribution is -0.144. The number of hydrogen-bond donors (Lipinski definition) is 3. The monoisotopic (exact) mass is 145 g/mol. The fourth-order valence-corrected chi connectivity index (χ4v) is 0.477. The molecular formula is C6H11NO3. The summed E-state index contributed by atoms with van der Waals surface area (Å²) in [6.45, 7) is 2.75. The number of hydrogen-bond acceptors (Lipinski definition) is 3. The van der Waals surface area contributed by atoms with E-state index in [1.165, 1.54) is 6.08 Å². The van der Waals surface area contributed by atoms with Gasteiger partial charge in [0.15, 0.2) is 0 Å². The van der Waals surface area contributed by atoms with Crippen LogP contribution in [0.4, 0.5) is 0 Å². The molecule has 1 unspecified atom stereocenters. The van der Waals surface area contributed by atoms with Crippen molar-refractivity contribution in [2.24, 2.45) is 5.73 Å². The third kappa shape index (κ3) is 1.82. The van der Waals surface area contributed by atoms with E-state index in [1.54, 1.807) is 0 Å². The average Bonchev–Trinajstić information content (AvgIpc) is 1.88. The molecule has 0 heterocycles. The van der Waals surface area contributed by atoms with Gasteiger partial charge < -0.3 is 15.9 Å². The number of nitrogens with two attached hydrogens (primary N) is 1. The minimum absolute atomic E-state index is 0.0683. The van der Waals surface area contributed by atoms with Gasteiger partial charge >= 0.3 is 5.97 Å². The Hall–Kier alpha value is -0.870. The maximum absolute atomic E-state index is 10.3. The number of carboxylic acids is 1. The van der Waals surface area contributed by atoms with E-state index >= 15 is 0 Å². The van der Waals surface area contributed by atoms with E-state index < -0.39 is 18.1 Å². The molecule has 10 heavy (non-hydrogen) atoms. The number of rotatable bonds is 4. The summed E-state index contributed by atoms with van der Waals surface area (Å²) < 4.78 is 0. The molecule has 0 aromatic rings. The van der Waals surface area contributed by atoms with Gasteiger partial charge in [-0.15, -0.1) is 6.58 Å². The molecule has 0 aliphatic rings. The van der Waals surface area contributed by atoms with Crippen LogP contribution in [0.5, 0.6) is 0 Å². The molecule has 4 heteroatoms. The molecule has 0 aromatic heterocycles. The van der Waals surface area contributed by atoms with Gasteiger partial charge in [0.05, 0.1) is 6.61 Å². The average molecular weight is 145 g/mol. The van der Waals surface area contributed by atoms with Crippen LogP contribution in [0.1, 0.15) is 6.42 Å². The maximum atomic E-state index is 10.3. The Labute approximate surface area is 59.0 Å². The summed E-state index contributed by atoms with van der Waals surface area (Å²) in [5.74, 6) is -1.21. The van der Waals surface area contributed by atoms with Gasteiger partial charge in [0.25, 0.3) is 0 Å². The van der Waals surface area contributed by atoms with E-state index in [-0.39, 0.29) is 6.42 Å². The SMILES string of the molecule is C=CCC(N)(CO)C(=O)O. The predicted molar refractivity (Wildman–Crippen MR) is 36.5 cm³/mol. The zero-order chi connectivity index (χ0) is 8.20. The van der Waals surface area contributed by atoms with Crippen LogP contribution in [0.25, 0.3) is 0 Å². The van der Waals surface area contributed by atoms with Gasteiger partial charge in [-0.3, -0.25) is 4.79 Å². The highest BCUT2D eigenvalue weighted by Gasteiger charge is 2.31. The van der Waals surface area contributed by atoms with E-state index in [2.05, 4.69) is 6.58 Å². The zero-order valence-corrected chi connectivity index (χ0v) is 5.58. The van der Waals surface area contributed by atoms with Crippen LogP contribution in [0.15, 0.2) is 12.7 Å². The van der Waals surface area contributed by atoms with Gasteiger partial charge in [-0.2, -0.15) is 0 Å². The molecule has 0 aliphatic carbocycles. The Morgan fingerprint density at radius 2 is 2.30 bits per heavy atom. The van der Waals surface area contributed by atoms with Crippen molar-refractivity contribution >= 4 is 5.97 Å². The van der Waals surface area contributed by atoms with Crippen LogP contribution in [0.3, 0.4) is 0 Å². The summed E-state index contributed by atoms with van der Waals surface area (Å²) in [4.78, 5) is 10.3. The molecule has 4 N–H and O–H groups in total. The Balaban J connectivity index is 4.21. The number of aliphatic hydroxyl groups excluding tert-OH is 1. The largest absolute Gasteiger partial charge is 0.480 e. The standard InChI is InChI=1S/C6H11NO3/c1-2-3-6(7,4-8)5(9)10/h2,8H,1,3-4,7H2,(H,9,10). The van der Waals surface area contributed by atoms with E-state index in [4.69, 9.17) is 15.9 Å². The molecular weight excluding hydrogens is 134 g/mol. The highest BCUT2D eigenvalue weighted by molar-refractivity contribution is 5.78. The van der Waals surface area contributed by atoms with Crippen molar-refractivity contribution in [2.45, 2.75) is 12.0 Å². The topological polar surface area (TPSA) is 83.5 Å². The summed E-state index contributed by atoms with van der Waals surface area (Å²) >= 11 is 0. The highest BCUT2D eigenvalue weighted by atomic mass is 16.4. The molecule has 4 nitrogen and oxygen atoms in total. The third-order valence-corrected chi connectivity index (χ3v) is 1.22. The molecule has 0 saturated carbocycles. The van der Waals surface area contributed by atoms with Crippen LogP contribution < -0.4 is 5.73 Å². The fourth-order valence-electron chi connectivity index (χ4n) is 0.477. The summed E-state index contributed by atoms with van der Waals surface area (Å²) in [6, 6.07) is 0. The van der Waals surface area contributed by atoms with Crippen LogP contribution in [0.2, 0.25) is 0 Å². The summed E-state index contributed by atoms with van der Waals surface area (Å²) in [7, 11) is 0. The number of aliphatic hydroxyl groups is 1. The Bertz CT molecular complexity index is 146. The van der Waals surface area contributed by atoms with Gasteiger partial charge in [-0.25, -0.2) is 0 Å². The lowest BCUT2D eigenvalue weighted by Gasteiger charge is -2.19. The van der Waals surface area contributed by atoms with Gasteiger partial charge in [0.1, 0.15) is 5.54 Å². The predicted octanol–water partition coefficient (Wildman–Crippen LogP) is -0.663. The van der Waals surface area contributed by atoms with Crippen molar-refractivity contribution in [3.8, 4) is 0 Å². The zero-order valence-electron chi connectivity index (χ0n) is 5.58. The minimum atomic E-state index is -1.55. The van der Waals surface area contributed by atoms with E-state index in [0.29, 0.717) is 0 Å². The minimum Gasteiger partial charge on any atom is -0.480 e. The second-order valence-corrected chi connectivity index (χ2v) is 2.11. The van der Waals surface area contributed by atoms with E-state index in [9.17, 15) is 4.79 Å². The third-order valence-electron chi connectivity index (χ3n) is 1.22. The fraction of sp³-hybridized carbons (Fsp3) is 0.500. The van der Waals surface area contributed by atoms with Crippen molar-refractivity contribution in [3.05, 3.63) is 12.7 Å². The summed E-state index contributed by atoms with van der Waals surface area (Å²) in [5.41, 5.74) is 3.68. The van der Waals surface area contributed by atoms with Crippen LogP contribution in [0, 0.1) is 0 Å². The van der Waals surface area contributed by atoms with Gasteiger partial charge in [-0.1, -0.05) is 6.08 Å². The van der Waals surface area contributed by atoms with E-state index in [1.807, 2.05) is 0 Å². The normalized spacial score (nSPS) is 15.8. The van der Waals surface area contributed by atoms with Gasteiger partial charge in [-0.05, 0) is 6.42 Å². The maximum Gasteiger partial charge on any atom is 0.326 e. The van der Waals surface area contributed by atoms with Crippen molar-refractivity contribution in [1.82, 2.24) is 0 Å². The molecule has 1 atom stereocenters. The van der Waals surface area contributed by atoms with Crippen molar-refractivity contribution in [3.63, 3.8) is 0 Å². The molecule has 0 amide bonds. The molecule has 0 radical (unpaired) electrons. The first-order chi connectivity index (χ1) is 4.56. The molecule has 0 aromatic carbocycles. The lowest BCUT2D eigenvalue weighted by Crippen LogP contribution is -2.50. The Morgan fingerprint density at radius 1 is 1.80 bits per heavy atom. The number of carboxylic acid groups (broad SMARTS) is 1. The van der Waals surface area contributed by atoms with Crippen molar-refractivity contribution in [1.29, 1.82) is 0 Å². The smallest absolute Gasteiger partial charge is 0.326 e. The van der Waals surface area contributed by atoms with Crippen molar-refractivity contribution < 1.29 is 15.0 Å².